The second-order valence-corrected chi connectivity index (χ2v) is 7.85. The molecule has 0 radical (unpaired) electrons. The van der Waals surface area contributed by atoms with Gasteiger partial charge in [0.15, 0.2) is 18.1 Å². The summed E-state index contributed by atoms with van der Waals surface area (Å²) in [5, 5.41) is 6.51. The molecule has 1 amide bonds. The van der Waals surface area contributed by atoms with Gasteiger partial charge in [0.2, 0.25) is 0 Å². The molecule has 8 nitrogen and oxygen atoms in total. The SMILES string of the molecule is COc1ccc(Cn2cc(NC(=O)c3c(F)cccc3F)c(C(=O)OCC(=O)c3ccccc3)n2)cc1. The van der Waals surface area contributed by atoms with Crippen LogP contribution in [0, 0.1) is 11.6 Å². The van der Waals surface area contributed by atoms with E-state index in [9.17, 15) is 23.2 Å². The fourth-order valence-corrected chi connectivity index (χ4v) is 3.47. The third kappa shape index (κ3) is 6.04. The zero-order valence-corrected chi connectivity index (χ0v) is 19.6. The maximum atomic E-state index is 14.1. The van der Waals surface area contributed by atoms with E-state index in [0.29, 0.717) is 11.3 Å². The van der Waals surface area contributed by atoms with Crippen molar-refractivity contribution in [2.24, 2.45) is 0 Å². The largest absolute Gasteiger partial charge is 0.497 e. The van der Waals surface area contributed by atoms with E-state index in [1.54, 1.807) is 54.6 Å². The molecule has 3 aromatic carbocycles. The lowest BCUT2D eigenvalue weighted by atomic mass is 10.1. The standard InChI is InChI=1S/C27H21F2N3O5/c1-36-19-12-10-17(11-13-19)14-32-15-22(30-26(34)24-20(28)8-5-9-21(24)29)25(31-32)27(35)37-16-23(33)18-6-3-2-4-7-18/h2-13,15H,14,16H2,1H3,(H,30,34). The van der Waals surface area contributed by atoms with E-state index in [0.717, 1.165) is 23.8 Å². The predicted octanol–water partition coefficient (Wildman–Crippen LogP) is 4.51. The number of esters is 1. The number of ketones is 1. The zero-order valence-electron chi connectivity index (χ0n) is 19.6. The molecule has 37 heavy (non-hydrogen) atoms. The second kappa shape index (κ2) is 11.3. The number of carbonyl (C=O) groups is 3. The van der Waals surface area contributed by atoms with Crippen LogP contribution in [0.3, 0.4) is 0 Å². The molecule has 0 unspecified atom stereocenters. The molecule has 0 aliphatic rings. The number of carbonyl (C=O) groups excluding carboxylic acids is 3. The average molecular weight is 505 g/mol. The van der Waals surface area contributed by atoms with Crippen LogP contribution in [0.2, 0.25) is 0 Å². The van der Waals surface area contributed by atoms with Crippen LogP contribution in [-0.2, 0) is 11.3 Å². The lowest BCUT2D eigenvalue weighted by Crippen LogP contribution is -2.19. The molecule has 0 fully saturated rings. The molecule has 0 aliphatic heterocycles. The van der Waals surface area contributed by atoms with Gasteiger partial charge in [0.25, 0.3) is 5.91 Å². The number of aromatic nitrogens is 2. The smallest absolute Gasteiger partial charge is 0.361 e. The normalized spacial score (nSPS) is 10.6. The summed E-state index contributed by atoms with van der Waals surface area (Å²) >= 11 is 0. The van der Waals surface area contributed by atoms with Gasteiger partial charge in [-0.2, -0.15) is 5.10 Å². The Balaban J connectivity index is 1.58. The molecule has 1 heterocycles. The number of methoxy groups -OCH3 is 1. The van der Waals surface area contributed by atoms with Gasteiger partial charge >= 0.3 is 5.97 Å². The summed E-state index contributed by atoms with van der Waals surface area (Å²) in [6, 6.07) is 18.3. The summed E-state index contributed by atoms with van der Waals surface area (Å²) in [4.78, 5) is 37.8. The van der Waals surface area contributed by atoms with E-state index in [1.807, 2.05) is 0 Å². The highest BCUT2D eigenvalue weighted by atomic mass is 19.1. The Labute approximate surface area is 210 Å². The van der Waals surface area contributed by atoms with Crippen molar-refractivity contribution in [1.82, 2.24) is 9.78 Å². The molecule has 0 saturated heterocycles. The van der Waals surface area contributed by atoms with E-state index < -0.39 is 41.5 Å². The molecule has 0 spiro atoms. The quantitative estimate of drug-likeness (QED) is 0.266. The van der Waals surface area contributed by atoms with Crippen molar-refractivity contribution in [3.63, 3.8) is 0 Å². The molecule has 0 bridgehead atoms. The number of ether oxygens (including phenoxy) is 2. The Morgan fingerprint density at radius 2 is 1.59 bits per heavy atom. The minimum absolute atomic E-state index is 0.140. The number of amides is 1. The van der Waals surface area contributed by atoms with Crippen molar-refractivity contribution in [3.05, 3.63) is 113 Å². The molecular weight excluding hydrogens is 484 g/mol. The number of nitrogens with one attached hydrogen (secondary N) is 1. The van der Waals surface area contributed by atoms with Gasteiger partial charge in [0, 0.05) is 11.8 Å². The van der Waals surface area contributed by atoms with Crippen LogP contribution in [-0.4, -0.2) is 41.2 Å². The fourth-order valence-electron chi connectivity index (χ4n) is 3.47. The van der Waals surface area contributed by atoms with Crippen LogP contribution in [0.25, 0.3) is 0 Å². The van der Waals surface area contributed by atoms with E-state index in [-0.39, 0.29) is 17.9 Å². The zero-order chi connectivity index (χ0) is 26.4. The van der Waals surface area contributed by atoms with Crippen molar-refractivity contribution >= 4 is 23.3 Å². The van der Waals surface area contributed by atoms with Crippen LogP contribution >= 0.6 is 0 Å². The summed E-state index contributed by atoms with van der Waals surface area (Å²) < 4.78 is 39.9. The van der Waals surface area contributed by atoms with Crippen molar-refractivity contribution in [3.8, 4) is 5.75 Å². The number of halogens is 2. The van der Waals surface area contributed by atoms with Crippen molar-refractivity contribution in [2.75, 3.05) is 19.0 Å². The molecule has 188 valence electrons. The van der Waals surface area contributed by atoms with Crippen LogP contribution in [0.15, 0.2) is 79.0 Å². The van der Waals surface area contributed by atoms with Gasteiger partial charge < -0.3 is 14.8 Å². The molecule has 10 heteroatoms. The van der Waals surface area contributed by atoms with E-state index in [4.69, 9.17) is 9.47 Å². The summed E-state index contributed by atoms with van der Waals surface area (Å²) in [6.07, 6.45) is 1.33. The molecule has 0 atom stereocenters. The number of Topliss-reactive ketones (excluding diaryl/α,β-unsaturated/α-hetero) is 1. The van der Waals surface area contributed by atoms with Crippen LogP contribution in [0.5, 0.6) is 5.75 Å². The predicted molar refractivity (Wildman–Crippen MR) is 130 cm³/mol. The highest BCUT2D eigenvalue weighted by Gasteiger charge is 2.24. The first kappa shape index (κ1) is 25.2. The minimum atomic E-state index is -1.12. The highest BCUT2D eigenvalue weighted by Crippen LogP contribution is 2.21. The maximum Gasteiger partial charge on any atom is 0.361 e. The number of rotatable bonds is 9. The first-order valence-electron chi connectivity index (χ1n) is 11.1. The Hall–Kier alpha value is -4.86. The fraction of sp³-hybridized carbons (Fsp3) is 0.111. The van der Waals surface area contributed by atoms with Gasteiger partial charge in [-0.15, -0.1) is 0 Å². The first-order chi connectivity index (χ1) is 17.9. The Morgan fingerprint density at radius 3 is 2.24 bits per heavy atom. The van der Waals surface area contributed by atoms with Crippen molar-refractivity contribution in [1.29, 1.82) is 0 Å². The molecular formula is C27H21F2N3O5. The van der Waals surface area contributed by atoms with E-state index >= 15 is 0 Å². The second-order valence-electron chi connectivity index (χ2n) is 7.85. The number of anilines is 1. The Bertz CT molecular complexity index is 1420. The summed E-state index contributed by atoms with van der Waals surface area (Å²) in [6.45, 7) is -0.374. The number of hydrogen-bond acceptors (Lipinski definition) is 6. The van der Waals surface area contributed by atoms with E-state index in [2.05, 4.69) is 10.4 Å². The average Bonchev–Trinajstić information content (AvgIpc) is 3.29. The maximum absolute atomic E-state index is 14.1. The lowest BCUT2D eigenvalue weighted by Gasteiger charge is -2.07. The summed E-state index contributed by atoms with van der Waals surface area (Å²) in [5.74, 6) is -4.04. The van der Waals surface area contributed by atoms with Gasteiger partial charge in [-0.1, -0.05) is 48.5 Å². The first-order valence-corrected chi connectivity index (χ1v) is 11.1. The molecule has 4 rings (SSSR count). The van der Waals surface area contributed by atoms with Crippen molar-refractivity contribution in [2.45, 2.75) is 6.54 Å². The van der Waals surface area contributed by atoms with Gasteiger partial charge in [-0.3, -0.25) is 14.3 Å². The third-order valence-electron chi connectivity index (χ3n) is 5.33. The molecule has 1 aromatic heterocycles. The molecule has 0 aliphatic carbocycles. The minimum Gasteiger partial charge on any atom is -0.497 e. The van der Waals surface area contributed by atoms with Gasteiger partial charge in [0.1, 0.15) is 22.9 Å². The van der Waals surface area contributed by atoms with Crippen LogP contribution in [0.4, 0.5) is 14.5 Å². The van der Waals surface area contributed by atoms with Crippen LogP contribution in [0.1, 0.15) is 36.8 Å². The molecule has 1 N–H and O–H groups in total. The number of benzene rings is 3. The van der Waals surface area contributed by atoms with E-state index in [1.165, 1.54) is 18.0 Å². The van der Waals surface area contributed by atoms with Gasteiger partial charge in [-0.25, -0.2) is 13.6 Å². The number of hydrogen-bond donors (Lipinski definition) is 1. The molecule has 4 aromatic rings. The lowest BCUT2D eigenvalue weighted by molar-refractivity contribution is 0.0469. The molecule has 0 saturated carbocycles. The summed E-state index contributed by atoms with van der Waals surface area (Å²) in [5.41, 5.74) is -0.147. The topological polar surface area (TPSA) is 99.5 Å². The Morgan fingerprint density at radius 1 is 0.919 bits per heavy atom. The summed E-state index contributed by atoms with van der Waals surface area (Å²) in [7, 11) is 1.54. The Kier molecular flexibility index (Phi) is 7.68. The van der Waals surface area contributed by atoms with Crippen molar-refractivity contribution < 1.29 is 32.6 Å². The van der Waals surface area contributed by atoms with Gasteiger partial charge in [-0.05, 0) is 29.8 Å². The third-order valence-corrected chi connectivity index (χ3v) is 5.33. The number of nitrogens with zero attached hydrogens (tertiary/aromatic N) is 2. The van der Waals surface area contributed by atoms with Crippen LogP contribution < -0.4 is 10.1 Å². The highest BCUT2D eigenvalue weighted by molar-refractivity contribution is 6.08. The van der Waals surface area contributed by atoms with Gasteiger partial charge in [0.05, 0.1) is 19.3 Å². The monoisotopic (exact) mass is 505 g/mol.